The maximum absolute atomic E-state index is 11.7. The van der Waals surface area contributed by atoms with Crippen molar-refractivity contribution >= 4 is 12.0 Å². The van der Waals surface area contributed by atoms with Crippen molar-refractivity contribution in [3.8, 4) is 0 Å². The predicted molar refractivity (Wildman–Crippen MR) is 67.3 cm³/mol. The van der Waals surface area contributed by atoms with Crippen LogP contribution in [0.15, 0.2) is 6.33 Å². The first kappa shape index (κ1) is 14.9. The minimum Gasteiger partial charge on any atom is -0.480 e. The van der Waals surface area contributed by atoms with Gasteiger partial charge >= 0.3 is 12.0 Å². The van der Waals surface area contributed by atoms with Crippen LogP contribution in [0.3, 0.4) is 0 Å². The van der Waals surface area contributed by atoms with Crippen LogP contribution in [-0.4, -0.2) is 37.4 Å². The Balaban J connectivity index is 2.59. The Bertz CT molecular complexity index is 453. The van der Waals surface area contributed by atoms with Crippen molar-refractivity contribution in [3.05, 3.63) is 12.2 Å². The normalized spacial score (nSPS) is 11.1. The van der Waals surface area contributed by atoms with Crippen molar-refractivity contribution in [1.29, 1.82) is 0 Å². The number of hydrogen-bond donors (Lipinski definition) is 3. The summed E-state index contributed by atoms with van der Waals surface area (Å²) in [5, 5.41) is 21.8. The summed E-state index contributed by atoms with van der Waals surface area (Å²) in [4.78, 5) is 23.0. The third kappa shape index (κ3) is 3.43. The van der Waals surface area contributed by atoms with Crippen LogP contribution in [-0.2, 0) is 18.4 Å². The molecule has 0 fully saturated rings. The van der Waals surface area contributed by atoms with Crippen LogP contribution in [0.4, 0.5) is 4.79 Å². The van der Waals surface area contributed by atoms with Gasteiger partial charge in [0.25, 0.3) is 0 Å². The van der Waals surface area contributed by atoms with Gasteiger partial charge in [0.15, 0.2) is 5.82 Å². The van der Waals surface area contributed by atoms with Gasteiger partial charge in [0.05, 0.1) is 6.54 Å². The monoisotopic (exact) mass is 269 g/mol. The van der Waals surface area contributed by atoms with Crippen LogP contribution >= 0.6 is 0 Å². The summed E-state index contributed by atoms with van der Waals surface area (Å²) in [5.41, 5.74) is -1.23. The smallest absolute Gasteiger partial charge is 0.329 e. The fourth-order valence-corrected chi connectivity index (χ4v) is 1.67. The van der Waals surface area contributed by atoms with Crippen LogP contribution in [0.1, 0.15) is 32.5 Å². The Kier molecular flexibility index (Phi) is 4.85. The number of carbonyl (C=O) groups excluding carboxylic acids is 1. The second-order valence-electron chi connectivity index (χ2n) is 4.26. The number of nitrogens with zero attached hydrogens (tertiary/aromatic N) is 3. The van der Waals surface area contributed by atoms with Crippen LogP contribution in [0, 0.1) is 0 Å². The lowest BCUT2D eigenvalue weighted by Gasteiger charge is -2.27. The minimum absolute atomic E-state index is 0.186. The van der Waals surface area contributed by atoms with Gasteiger partial charge in [-0.15, -0.1) is 10.2 Å². The first-order valence-electron chi connectivity index (χ1n) is 6.07. The molecule has 106 valence electrons. The molecule has 0 unspecified atom stereocenters. The Hall–Kier alpha value is -2.12. The molecule has 0 bridgehead atoms. The molecule has 0 atom stereocenters. The molecule has 1 aromatic heterocycles. The Labute approximate surface area is 111 Å². The fourth-order valence-electron chi connectivity index (χ4n) is 1.67. The van der Waals surface area contributed by atoms with Gasteiger partial charge in [0.1, 0.15) is 11.9 Å². The zero-order chi connectivity index (χ0) is 14.5. The topological polar surface area (TPSA) is 109 Å². The Morgan fingerprint density at radius 2 is 2.05 bits per heavy atom. The van der Waals surface area contributed by atoms with E-state index in [4.69, 9.17) is 0 Å². The van der Waals surface area contributed by atoms with E-state index in [0.29, 0.717) is 18.7 Å². The maximum atomic E-state index is 11.7. The molecule has 2 amide bonds. The van der Waals surface area contributed by atoms with E-state index < -0.39 is 17.5 Å². The molecular formula is C11H19N5O3. The number of nitrogens with one attached hydrogen (secondary N) is 2. The molecule has 19 heavy (non-hydrogen) atoms. The van der Waals surface area contributed by atoms with Crippen molar-refractivity contribution in [2.45, 2.75) is 38.8 Å². The molecular weight excluding hydrogens is 250 g/mol. The van der Waals surface area contributed by atoms with Gasteiger partial charge in [-0.25, -0.2) is 9.59 Å². The number of carboxylic acids is 1. The summed E-state index contributed by atoms with van der Waals surface area (Å²) in [6.45, 7) is 3.63. The third-order valence-electron chi connectivity index (χ3n) is 3.18. The zero-order valence-corrected chi connectivity index (χ0v) is 11.3. The molecule has 0 aliphatic carbocycles. The van der Waals surface area contributed by atoms with E-state index in [1.165, 1.54) is 6.33 Å². The van der Waals surface area contributed by atoms with Crippen molar-refractivity contribution in [2.75, 3.05) is 0 Å². The third-order valence-corrected chi connectivity index (χ3v) is 3.18. The average molecular weight is 269 g/mol. The van der Waals surface area contributed by atoms with E-state index in [-0.39, 0.29) is 6.54 Å². The van der Waals surface area contributed by atoms with Crippen molar-refractivity contribution in [1.82, 2.24) is 25.4 Å². The molecule has 8 heteroatoms. The van der Waals surface area contributed by atoms with Gasteiger partial charge in [0.2, 0.25) is 0 Å². The molecule has 0 aliphatic rings. The van der Waals surface area contributed by atoms with Gasteiger partial charge in [-0.05, 0) is 12.8 Å². The van der Waals surface area contributed by atoms with Gasteiger partial charge in [0, 0.05) is 7.05 Å². The van der Waals surface area contributed by atoms with Gasteiger partial charge in [-0.2, -0.15) is 0 Å². The molecule has 8 nitrogen and oxygen atoms in total. The van der Waals surface area contributed by atoms with E-state index in [1.54, 1.807) is 25.5 Å². The number of hydrogen-bond acceptors (Lipinski definition) is 4. The molecule has 1 aromatic rings. The largest absolute Gasteiger partial charge is 0.480 e. The summed E-state index contributed by atoms with van der Waals surface area (Å²) in [6.07, 6.45) is 2.15. The van der Waals surface area contributed by atoms with Crippen LogP contribution in [0.2, 0.25) is 0 Å². The van der Waals surface area contributed by atoms with E-state index in [9.17, 15) is 14.7 Å². The lowest BCUT2D eigenvalue weighted by molar-refractivity contribution is -0.144. The van der Waals surface area contributed by atoms with Gasteiger partial charge in [-0.3, -0.25) is 0 Å². The number of aromatic nitrogens is 3. The van der Waals surface area contributed by atoms with E-state index in [2.05, 4.69) is 20.8 Å². The number of amides is 2. The van der Waals surface area contributed by atoms with Gasteiger partial charge in [-0.1, -0.05) is 13.8 Å². The Morgan fingerprint density at radius 3 is 2.47 bits per heavy atom. The number of carboxylic acid groups (broad SMARTS) is 1. The highest BCUT2D eigenvalue weighted by atomic mass is 16.4. The number of carbonyl (C=O) groups is 2. The highest BCUT2D eigenvalue weighted by Crippen LogP contribution is 2.15. The average Bonchev–Trinajstić information content (AvgIpc) is 2.79. The molecule has 1 heterocycles. The first-order valence-corrected chi connectivity index (χ1v) is 6.07. The molecule has 0 saturated heterocycles. The quantitative estimate of drug-likeness (QED) is 0.686. The van der Waals surface area contributed by atoms with Crippen molar-refractivity contribution in [2.24, 2.45) is 7.05 Å². The summed E-state index contributed by atoms with van der Waals surface area (Å²) < 4.78 is 1.67. The maximum Gasteiger partial charge on any atom is 0.329 e. The van der Waals surface area contributed by atoms with Crippen molar-refractivity contribution in [3.63, 3.8) is 0 Å². The SMILES string of the molecule is CCC(CC)(NC(=O)NCc1nncn1C)C(=O)O. The standard InChI is InChI=1S/C11H19N5O3/c1-4-11(5-2,9(17)18)14-10(19)12-6-8-15-13-7-16(8)3/h7H,4-6H2,1-3H3,(H,17,18)(H2,12,14,19). The zero-order valence-electron chi connectivity index (χ0n) is 11.3. The molecule has 1 rings (SSSR count). The highest BCUT2D eigenvalue weighted by Gasteiger charge is 2.36. The van der Waals surface area contributed by atoms with E-state index in [1.807, 2.05) is 0 Å². The van der Waals surface area contributed by atoms with Crippen LogP contribution in [0.25, 0.3) is 0 Å². The molecule has 0 radical (unpaired) electrons. The summed E-state index contributed by atoms with van der Waals surface area (Å²) in [6, 6.07) is -0.533. The summed E-state index contributed by atoms with van der Waals surface area (Å²) >= 11 is 0. The second kappa shape index (κ2) is 6.17. The lowest BCUT2D eigenvalue weighted by Crippen LogP contribution is -2.56. The lowest BCUT2D eigenvalue weighted by atomic mass is 9.93. The predicted octanol–water partition coefficient (Wildman–Crippen LogP) is 0.258. The Morgan fingerprint density at radius 1 is 1.42 bits per heavy atom. The van der Waals surface area contributed by atoms with E-state index in [0.717, 1.165) is 0 Å². The highest BCUT2D eigenvalue weighted by molar-refractivity contribution is 5.86. The number of aryl methyl sites for hydroxylation is 1. The minimum atomic E-state index is -1.23. The molecule has 0 saturated carbocycles. The summed E-state index contributed by atoms with van der Waals surface area (Å²) in [5.74, 6) is -0.449. The first-order chi connectivity index (χ1) is 8.95. The number of aliphatic carboxylic acids is 1. The molecule has 0 aromatic carbocycles. The molecule has 0 spiro atoms. The second-order valence-corrected chi connectivity index (χ2v) is 4.26. The van der Waals surface area contributed by atoms with Gasteiger partial charge < -0.3 is 20.3 Å². The van der Waals surface area contributed by atoms with Crippen LogP contribution < -0.4 is 10.6 Å². The number of rotatable bonds is 6. The van der Waals surface area contributed by atoms with Crippen LogP contribution in [0.5, 0.6) is 0 Å². The molecule has 0 aliphatic heterocycles. The summed E-state index contributed by atoms with van der Waals surface area (Å²) in [7, 11) is 1.76. The molecule has 3 N–H and O–H groups in total. The number of urea groups is 1. The van der Waals surface area contributed by atoms with Crippen molar-refractivity contribution < 1.29 is 14.7 Å². The van der Waals surface area contributed by atoms with E-state index >= 15 is 0 Å². The fraction of sp³-hybridized carbons (Fsp3) is 0.636.